The molecule has 4 heterocycles. The van der Waals surface area contributed by atoms with Gasteiger partial charge in [0.25, 0.3) is 5.69 Å². The standard InChI is InChI=1S/C29H33N7O4/c1-33-19-21(20-7-3-4-8-24(20)33)22-10-11-30-29(31-22)32-23-17-26(36(37)38)25(18-27(23)39-2)35-12-6-5-9-28(35)34-13-15-40-16-14-34/h3-4,7-8,10-11,17-19,28H,5-6,9,12-16H2,1-2H3,(H,30,31,32). The Bertz CT molecular complexity index is 1530. The van der Waals surface area contributed by atoms with Crippen molar-refractivity contribution < 1.29 is 14.4 Å². The lowest BCUT2D eigenvalue weighted by Crippen LogP contribution is -2.54. The number of nitrogens with zero attached hydrogens (tertiary/aromatic N) is 6. The van der Waals surface area contributed by atoms with Gasteiger partial charge in [0, 0.05) is 67.7 Å². The Kier molecular flexibility index (Phi) is 7.23. The highest BCUT2D eigenvalue weighted by molar-refractivity contribution is 5.95. The van der Waals surface area contributed by atoms with Crippen molar-refractivity contribution in [1.29, 1.82) is 0 Å². The van der Waals surface area contributed by atoms with Gasteiger partial charge in [-0.1, -0.05) is 18.2 Å². The Morgan fingerprint density at radius 2 is 1.95 bits per heavy atom. The third-order valence-electron chi connectivity index (χ3n) is 7.82. The number of ether oxygens (including phenoxy) is 2. The molecule has 0 aliphatic carbocycles. The fourth-order valence-electron chi connectivity index (χ4n) is 5.89. The topological polar surface area (TPSA) is 111 Å². The summed E-state index contributed by atoms with van der Waals surface area (Å²) < 4.78 is 13.4. The Balaban J connectivity index is 1.35. The molecule has 11 nitrogen and oxygen atoms in total. The number of fused-ring (bicyclic) bond motifs is 1. The maximum absolute atomic E-state index is 12.4. The van der Waals surface area contributed by atoms with Crippen LogP contribution in [0.1, 0.15) is 19.3 Å². The van der Waals surface area contributed by atoms with E-state index in [2.05, 4.69) is 36.8 Å². The van der Waals surface area contributed by atoms with Gasteiger partial charge >= 0.3 is 0 Å². The van der Waals surface area contributed by atoms with Gasteiger partial charge < -0.3 is 24.3 Å². The number of piperidine rings is 1. The number of rotatable bonds is 7. The molecule has 0 saturated carbocycles. The van der Waals surface area contributed by atoms with Crippen molar-refractivity contribution in [3.63, 3.8) is 0 Å². The first-order chi connectivity index (χ1) is 19.5. The summed E-state index contributed by atoms with van der Waals surface area (Å²) in [6.45, 7) is 3.73. The minimum atomic E-state index is -0.321. The lowest BCUT2D eigenvalue weighted by molar-refractivity contribution is -0.384. The second-order valence-corrected chi connectivity index (χ2v) is 10.2. The van der Waals surface area contributed by atoms with Crippen LogP contribution in [-0.4, -0.2) is 70.5 Å². The number of methoxy groups -OCH3 is 1. The van der Waals surface area contributed by atoms with Crippen LogP contribution in [0.5, 0.6) is 5.75 Å². The van der Waals surface area contributed by atoms with Crippen LogP contribution in [0, 0.1) is 10.1 Å². The van der Waals surface area contributed by atoms with E-state index in [1.165, 1.54) is 6.07 Å². The van der Waals surface area contributed by atoms with E-state index in [1.54, 1.807) is 19.4 Å². The van der Waals surface area contributed by atoms with E-state index >= 15 is 0 Å². The zero-order valence-corrected chi connectivity index (χ0v) is 22.7. The Morgan fingerprint density at radius 3 is 2.75 bits per heavy atom. The second-order valence-electron chi connectivity index (χ2n) is 10.2. The molecule has 0 radical (unpaired) electrons. The predicted molar refractivity (Wildman–Crippen MR) is 154 cm³/mol. The Morgan fingerprint density at radius 1 is 1.12 bits per heavy atom. The molecule has 11 heteroatoms. The third-order valence-corrected chi connectivity index (χ3v) is 7.82. The van der Waals surface area contributed by atoms with Gasteiger partial charge in [-0.3, -0.25) is 15.0 Å². The number of benzene rings is 2. The molecule has 2 aromatic heterocycles. The largest absolute Gasteiger partial charge is 0.494 e. The average Bonchev–Trinajstić information content (AvgIpc) is 3.34. The van der Waals surface area contributed by atoms with Crippen LogP contribution in [0.15, 0.2) is 54.9 Å². The summed E-state index contributed by atoms with van der Waals surface area (Å²) in [7, 11) is 3.57. The summed E-state index contributed by atoms with van der Waals surface area (Å²) in [5.74, 6) is 0.820. The van der Waals surface area contributed by atoms with Crippen LogP contribution in [0.4, 0.5) is 23.0 Å². The molecule has 40 heavy (non-hydrogen) atoms. The number of hydrogen-bond acceptors (Lipinski definition) is 9. The first-order valence-electron chi connectivity index (χ1n) is 13.6. The highest BCUT2D eigenvalue weighted by Crippen LogP contribution is 2.42. The average molecular weight is 544 g/mol. The van der Waals surface area contributed by atoms with E-state index in [4.69, 9.17) is 14.5 Å². The molecule has 0 amide bonds. The predicted octanol–water partition coefficient (Wildman–Crippen LogP) is 4.94. The third kappa shape index (κ3) is 4.93. The van der Waals surface area contributed by atoms with Gasteiger partial charge in [0.2, 0.25) is 5.95 Å². The van der Waals surface area contributed by atoms with Crippen molar-refractivity contribution in [2.24, 2.45) is 7.05 Å². The Labute approximate surface area is 232 Å². The number of nitrogens with one attached hydrogen (secondary N) is 1. The van der Waals surface area contributed by atoms with E-state index in [0.29, 0.717) is 36.3 Å². The summed E-state index contributed by atoms with van der Waals surface area (Å²) in [5, 5.41) is 16.6. The van der Waals surface area contributed by atoms with Crippen molar-refractivity contribution >= 4 is 33.9 Å². The van der Waals surface area contributed by atoms with E-state index in [-0.39, 0.29) is 16.8 Å². The van der Waals surface area contributed by atoms with Gasteiger partial charge in [-0.15, -0.1) is 0 Å². The lowest BCUT2D eigenvalue weighted by atomic mass is 10.0. The molecule has 1 N–H and O–H groups in total. The van der Waals surface area contributed by atoms with Crippen molar-refractivity contribution in [3.8, 4) is 17.0 Å². The summed E-state index contributed by atoms with van der Waals surface area (Å²) in [5.41, 5.74) is 3.86. The lowest BCUT2D eigenvalue weighted by Gasteiger charge is -2.45. The molecule has 2 fully saturated rings. The molecule has 2 aliphatic rings. The van der Waals surface area contributed by atoms with Crippen LogP contribution in [0.2, 0.25) is 0 Å². The molecule has 0 spiro atoms. The van der Waals surface area contributed by atoms with Gasteiger partial charge in [-0.2, -0.15) is 0 Å². The second kappa shape index (κ2) is 11.1. The zero-order chi connectivity index (χ0) is 27.6. The fraction of sp³-hybridized carbons (Fsp3) is 0.379. The monoisotopic (exact) mass is 543 g/mol. The number of nitro benzene ring substituents is 1. The first kappa shape index (κ1) is 26.0. The maximum atomic E-state index is 12.4. The molecule has 2 aromatic carbocycles. The number of anilines is 3. The summed E-state index contributed by atoms with van der Waals surface area (Å²) in [6.07, 6.45) is 6.83. The van der Waals surface area contributed by atoms with E-state index in [0.717, 1.165) is 61.1 Å². The molecule has 2 aliphatic heterocycles. The van der Waals surface area contributed by atoms with Crippen molar-refractivity contribution in [2.45, 2.75) is 25.4 Å². The minimum Gasteiger partial charge on any atom is -0.494 e. The van der Waals surface area contributed by atoms with Gasteiger partial charge in [0.05, 0.1) is 42.8 Å². The zero-order valence-electron chi connectivity index (χ0n) is 22.7. The smallest absolute Gasteiger partial charge is 0.294 e. The number of para-hydroxylation sites is 1. The number of aromatic nitrogens is 3. The minimum absolute atomic E-state index is 0.0219. The van der Waals surface area contributed by atoms with Crippen LogP contribution in [0.3, 0.4) is 0 Å². The van der Waals surface area contributed by atoms with Crippen LogP contribution < -0.4 is 15.0 Å². The molecular formula is C29H33N7O4. The normalized spacial score (nSPS) is 18.1. The van der Waals surface area contributed by atoms with Gasteiger partial charge in [-0.05, 0) is 31.4 Å². The molecule has 1 atom stereocenters. The van der Waals surface area contributed by atoms with E-state index in [9.17, 15) is 10.1 Å². The van der Waals surface area contributed by atoms with Gasteiger partial charge in [-0.25, -0.2) is 9.97 Å². The maximum Gasteiger partial charge on any atom is 0.294 e. The number of morpholine rings is 1. The van der Waals surface area contributed by atoms with Crippen LogP contribution in [0.25, 0.3) is 22.2 Å². The molecular weight excluding hydrogens is 510 g/mol. The van der Waals surface area contributed by atoms with Gasteiger partial charge in [0.15, 0.2) is 0 Å². The van der Waals surface area contributed by atoms with E-state index < -0.39 is 0 Å². The first-order valence-corrected chi connectivity index (χ1v) is 13.6. The highest BCUT2D eigenvalue weighted by atomic mass is 16.6. The SMILES string of the molecule is COc1cc(N2CCCCC2N2CCOCC2)c([N+](=O)[O-])cc1Nc1nccc(-c2cn(C)c3ccccc23)n1. The summed E-state index contributed by atoms with van der Waals surface area (Å²) in [6, 6.07) is 13.3. The molecule has 208 valence electrons. The molecule has 6 rings (SSSR count). The molecule has 4 aromatic rings. The number of hydrogen-bond donors (Lipinski definition) is 1. The quantitative estimate of drug-likeness (QED) is 0.256. The van der Waals surface area contributed by atoms with Crippen molar-refractivity contribution in [3.05, 3.63) is 65.0 Å². The van der Waals surface area contributed by atoms with Crippen molar-refractivity contribution in [2.75, 3.05) is 50.2 Å². The van der Waals surface area contributed by atoms with Gasteiger partial charge in [0.1, 0.15) is 11.4 Å². The van der Waals surface area contributed by atoms with E-state index in [1.807, 2.05) is 31.4 Å². The molecule has 1 unspecified atom stereocenters. The highest BCUT2D eigenvalue weighted by Gasteiger charge is 2.34. The molecule has 2 saturated heterocycles. The molecule has 0 bridgehead atoms. The number of aryl methyl sites for hydroxylation is 1. The summed E-state index contributed by atoms with van der Waals surface area (Å²) >= 11 is 0. The summed E-state index contributed by atoms with van der Waals surface area (Å²) in [4.78, 5) is 25.7. The van der Waals surface area contributed by atoms with Crippen LogP contribution >= 0.6 is 0 Å². The Hall–Kier alpha value is -4.22. The number of nitro groups is 1. The van der Waals surface area contributed by atoms with Crippen molar-refractivity contribution in [1.82, 2.24) is 19.4 Å². The van der Waals surface area contributed by atoms with Crippen LogP contribution in [-0.2, 0) is 11.8 Å². The fourth-order valence-corrected chi connectivity index (χ4v) is 5.89.